The summed E-state index contributed by atoms with van der Waals surface area (Å²) in [7, 11) is 1.83. The molecule has 2 aromatic rings. The normalized spacial score (nSPS) is 16.6. The molecular formula is C20H29BrIN5O. The second-order valence-electron chi connectivity index (χ2n) is 6.79. The smallest absolute Gasteiger partial charge is 0.194 e. The van der Waals surface area contributed by atoms with E-state index in [4.69, 9.17) is 4.52 Å². The lowest BCUT2D eigenvalue weighted by Gasteiger charge is -2.39. The molecule has 3 rings (SSSR count). The van der Waals surface area contributed by atoms with Gasteiger partial charge in [-0.25, -0.2) is 0 Å². The summed E-state index contributed by atoms with van der Waals surface area (Å²) in [5.41, 5.74) is 2.34. The Bertz CT molecular complexity index is 756. The number of aromatic nitrogens is 1. The number of piperazine rings is 1. The fourth-order valence-electron chi connectivity index (χ4n) is 3.38. The molecule has 28 heavy (non-hydrogen) atoms. The molecule has 1 N–H and O–H groups in total. The lowest BCUT2D eigenvalue weighted by molar-refractivity contribution is 0.138. The Balaban J connectivity index is 0.00000280. The molecule has 1 saturated heterocycles. The third-order valence-corrected chi connectivity index (χ3v) is 5.65. The summed E-state index contributed by atoms with van der Waals surface area (Å²) < 4.78 is 6.47. The number of hydrogen-bond acceptors (Lipinski definition) is 4. The number of hydrogen-bond donors (Lipinski definition) is 1. The highest BCUT2D eigenvalue weighted by Crippen LogP contribution is 2.23. The fourth-order valence-corrected chi connectivity index (χ4v) is 3.64. The van der Waals surface area contributed by atoms with Gasteiger partial charge in [-0.05, 0) is 31.0 Å². The van der Waals surface area contributed by atoms with Gasteiger partial charge in [-0.1, -0.05) is 40.1 Å². The number of halogens is 2. The van der Waals surface area contributed by atoms with Gasteiger partial charge in [-0.15, -0.1) is 24.0 Å². The van der Waals surface area contributed by atoms with Crippen molar-refractivity contribution in [1.29, 1.82) is 0 Å². The van der Waals surface area contributed by atoms with Crippen LogP contribution < -0.4 is 5.32 Å². The van der Waals surface area contributed by atoms with E-state index in [1.54, 1.807) is 0 Å². The summed E-state index contributed by atoms with van der Waals surface area (Å²) in [6.45, 7) is 8.90. The van der Waals surface area contributed by atoms with Crippen LogP contribution in [0, 0.1) is 0 Å². The fraction of sp³-hybridized carbons (Fsp3) is 0.500. The number of guanidine groups is 1. The van der Waals surface area contributed by atoms with E-state index >= 15 is 0 Å². The first-order valence-electron chi connectivity index (χ1n) is 9.50. The number of aryl methyl sites for hydroxylation is 1. The van der Waals surface area contributed by atoms with Crippen LogP contribution in [0.5, 0.6) is 0 Å². The van der Waals surface area contributed by atoms with Crippen LogP contribution in [0.1, 0.15) is 36.9 Å². The minimum absolute atomic E-state index is 0. The van der Waals surface area contributed by atoms with Gasteiger partial charge in [-0.3, -0.25) is 9.89 Å². The molecule has 0 amide bonds. The molecule has 2 heterocycles. The first kappa shape index (κ1) is 23.2. The summed E-state index contributed by atoms with van der Waals surface area (Å²) in [6.07, 6.45) is 0.886. The molecule has 0 saturated carbocycles. The maximum atomic E-state index is 5.35. The molecule has 1 fully saturated rings. The second kappa shape index (κ2) is 11.2. The maximum absolute atomic E-state index is 5.35. The van der Waals surface area contributed by atoms with Crippen LogP contribution in [0.15, 0.2) is 44.3 Å². The average molecular weight is 562 g/mol. The molecular weight excluding hydrogens is 533 g/mol. The third-order valence-electron chi connectivity index (χ3n) is 5.12. The molecule has 1 aliphatic heterocycles. The zero-order valence-electron chi connectivity index (χ0n) is 16.7. The van der Waals surface area contributed by atoms with Gasteiger partial charge in [0.25, 0.3) is 0 Å². The summed E-state index contributed by atoms with van der Waals surface area (Å²) >= 11 is 3.51. The van der Waals surface area contributed by atoms with Crippen LogP contribution in [-0.2, 0) is 13.0 Å². The zero-order chi connectivity index (χ0) is 19.2. The van der Waals surface area contributed by atoms with Gasteiger partial charge in [0, 0.05) is 49.8 Å². The summed E-state index contributed by atoms with van der Waals surface area (Å²) in [6, 6.07) is 11.0. The van der Waals surface area contributed by atoms with Crippen LogP contribution >= 0.6 is 39.9 Å². The zero-order valence-corrected chi connectivity index (χ0v) is 20.6. The van der Waals surface area contributed by atoms with Crippen molar-refractivity contribution in [3.63, 3.8) is 0 Å². The maximum Gasteiger partial charge on any atom is 0.194 e. The van der Waals surface area contributed by atoms with E-state index < -0.39 is 0 Å². The molecule has 0 radical (unpaired) electrons. The van der Waals surface area contributed by atoms with Crippen molar-refractivity contribution in [3.05, 3.63) is 51.8 Å². The van der Waals surface area contributed by atoms with Gasteiger partial charge in [0.1, 0.15) is 0 Å². The molecule has 1 aliphatic rings. The van der Waals surface area contributed by atoms with E-state index in [0.29, 0.717) is 12.6 Å². The van der Waals surface area contributed by atoms with Crippen LogP contribution in [0.2, 0.25) is 0 Å². The van der Waals surface area contributed by atoms with Gasteiger partial charge in [-0.2, -0.15) is 0 Å². The van der Waals surface area contributed by atoms with Gasteiger partial charge < -0.3 is 14.7 Å². The minimum atomic E-state index is 0. The van der Waals surface area contributed by atoms with E-state index in [0.717, 1.165) is 54.5 Å². The Morgan fingerprint density at radius 1 is 1.25 bits per heavy atom. The van der Waals surface area contributed by atoms with Crippen LogP contribution in [0.25, 0.3) is 0 Å². The molecule has 0 aliphatic carbocycles. The van der Waals surface area contributed by atoms with Crippen LogP contribution in [0.4, 0.5) is 0 Å². The highest BCUT2D eigenvalue weighted by Gasteiger charge is 2.23. The number of aliphatic imine (C=N–C) groups is 1. The summed E-state index contributed by atoms with van der Waals surface area (Å²) in [5, 5.41) is 7.43. The SMILES string of the molecule is CCc1cc(CNC(=NC)N2CCN(C(C)c3ccc(Br)cc3)CC2)on1.I. The monoisotopic (exact) mass is 561 g/mol. The average Bonchev–Trinajstić information content (AvgIpc) is 3.17. The molecule has 154 valence electrons. The predicted octanol–water partition coefficient (Wildman–Crippen LogP) is 4.07. The van der Waals surface area contributed by atoms with Gasteiger partial charge in [0.2, 0.25) is 0 Å². The molecule has 6 nitrogen and oxygen atoms in total. The Kier molecular flexibility index (Phi) is 9.23. The van der Waals surface area contributed by atoms with Gasteiger partial charge in [0.15, 0.2) is 11.7 Å². The number of nitrogens with zero attached hydrogens (tertiary/aromatic N) is 4. The van der Waals surface area contributed by atoms with Crippen molar-refractivity contribution in [1.82, 2.24) is 20.3 Å². The molecule has 1 atom stereocenters. The van der Waals surface area contributed by atoms with Gasteiger partial charge in [0.05, 0.1) is 12.2 Å². The van der Waals surface area contributed by atoms with E-state index in [1.807, 2.05) is 13.1 Å². The first-order chi connectivity index (χ1) is 13.1. The molecule has 0 bridgehead atoms. The van der Waals surface area contributed by atoms with Crippen molar-refractivity contribution in [3.8, 4) is 0 Å². The number of rotatable bonds is 5. The molecule has 1 aromatic heterocycles. The Morgan fingerprint density at radius 3 is 2.50 bits per heavy atom. The number of benzene rings is 1. The molecule has 8 heteroatoms. The van der Waals surface area contributed by atoms with Crippen LogP contribution in [0.3, 0.4) is 0 Å². The lowest BCUT2D eigenvalue weighted by atomic mass is 10.1. The van der Waals surface area contributed by atoms with E-state index in [-0.39, 0.29) is 24.0 Å². The Hall–Kier alpha value is -1.13. The summed E-state index contributed by atoms with van der Waals surface area (Å²) in [5.74, 6) is 1.76. The van der Waals surface area contributed by atoms with E-state index in [9.17, 15) is 0 Å². The van der Waals surface area contributed by atoms with Crippen molar-refractivity contribution in [2.45, 2.75) is 32.9 Å². The van der Waals surface area contributed by atoms with Crippen molar-refractivity contribution >= 4 is 45.9 Å². The first-order valence-corrected chi connectivity index (χ1v) is 10.3. The highest BCUT2D eigenvalue weighted by atomic mass is 127. The summed E-state index contributed by atoms with van der Waals surface area (Å²) in [4.78, 5) is 9.27. The van der Waals surface area contributed by atoms with Crippen LogP contribution in [-0.4, -0.2) is 54.1 Å². The Morgan fingerprint density at radius 2 is 1.93 bits per heavy atom. The van der Waals surface area contributed by atoms with Gasteiger partial charge >= 0.3 is 0 Å². The van der Waals surface area contributed by atoms with Crippen molar-refractivity contribution in [2.24, 2.45) is 4.99 Å². The third kappa shape index (κ3) is 5.93. The lowest BCUT2D eigenvalue weighted by Crippen LogP contribution is -2.52. The largest absolute Gasteiger partial charge is 0.359 e. The van der Waals surface area contributed by atoms with Crippen molar-refractivity contribution in [2.75, 3.05) is 33.2 Å². The molecule has 1 unspecified atom stereocenters. The van der Waals surface area contributed by atoms with E-state index in [1.165, 1.54) is 5.56 Å². The topological polar surface area (TPSA) is 56.9 Å². The van der Waals surface area contributed by atoms with Crippen molar-refractivity contribution < 1.29 is 4.52 Å². The van der Waals surface area contributed by atoms with E-state index in [2.05, 4.69) is 79.3 Å². The molecule has 1 aromatic carbocycles. The Labute approximate surface area is 192 Å². The highest BCUT2D eigenvalue weighted by molar-refractivity contribution is 14.0. The second-order valence-corrected chi connectivity index (χ2v) is 7.71. The number of nitrogens with one attached hydrogen (secondary N) is 1. The minimum Gasteiger partial charge on any atom is -0.359 e. The standard InChI is InChI=1S/C20H28BrN5O.HI/c1-4-18-13-19(27-24-18)14-23-20(22-3)26-11-9-25(10-12-26)15(2)16-5-7-17(21)8-6-16;/h5-8,13,15H,4,9-12,14H2,1-3H3,(H,22,23);1H. The predicted molar refractivity (Wildman–Crippen MR) is 127 cm³/mol. The quantitative estimate of drug-likeness (QED) is 0.339. The molecule has 0 spiro atoms.